The molecular weight excluding hydrogens is 230 g/mol. The first kappa shape index (κ1) is 13.3. The average molecular weight is 253 g/mol. The number of nitrogens with zero attached hydrogens (tertiary/aromatic N) is 4. The van der Waals surface area contributed by atoms with E-state index < -0.39 is 0 Å². The van der Waals surface area contributed by atoms with Crippen molar-refractivity contribution in [1.29, 1.82) is 0 Å². The number of likely N-dealkylation sites (N-methyl/N-ethyl adjacent to an activating group) is 1. The molecule has 0 aromatic carbocycles. The zero-order chi connectivity index (χ0) is 13.0. The fraction of sp³-hybridized carbons (Fsp3) is 0.833. The number of hydrogen-bond donors (Lipinski definition) is 1. The quantitative estimate of drug-likeness (QED) is 0.780. The molecule has 1 aromatic rings. The molecule has 1 aliphatic rings. The van der Waals surface area contributed by atoms with Gasteiger partial charge >= 0.3 is 6.01 Å². The molecule has 0 saturated carbocycles. The zero-order valence-corrected chi connectivity index (χ0v) is 11.5. The van der Waals surface area contributed by atoms with E-state index in [9.17, 15) is 0 Å². The Morgan fingerprint density at radius 3 is 2.94 bits per heavy atom. The maximum atomic E-state index is 5.70. The molecule has 6 heteroatoms. The highest BCUT2D eigenvalue weighted by atomic mass is 16.4. The number of aromatic nitrogens is 2. The molecule has 1 fully saturated rings. The Balaban J connectivity index is 1.92. The van der Waals surface area contributed by atoms with Gasteiger partial charge < -0.3 is 19.5 Å². The number of nitrogens with one attached hydrogen (secondary N) is 1. The van der Waals surface area contributed by atoms with Crippen LogP contribution in [0, 0.1) is 0 Å². The normalized spacial score (nSPS) is 21.5. The van der Waals surface area contributed by atoms with Gasteiger partial charge in [0, 0.05) is 25.7 Å². The topological polar surface area (TPSA) is 57.4 Å². The van der Waals surface area contributed by atoms with E-state index in [2.05, 4.69) is 46.2 Å². The summed E-state index contributed by atoms with van der Waals surface area (Å²) in [5.74, 6) is 0.671. The van der Waals surface area contributed by atoms with Crippen molar-refractivity contribution in [3.8, 4) is 0 Å². The van der Waals surface area contributed by atoms with Gasteiger partial charge in [0.15, 0.2) is 0 Å². The molecule has 0 radical (unpaired) electrons. The lowest BCUT2D eigenvalue weighted by molar-refractivity contribution is 0.266. The molecule has 0 bridgehead atoms. The minimum absolute atomic E-state index is 0.417. The molecule has 1 N–H and O–H groups in total. The summed E-state index contributed by atoms with van der Waals surface area (Å²) in [5.41, 5.74) is 0. The summed E-state index contributed by atoms with van der Waals surface area (Å²) in [7, 11) is 2.14. The predicted molar refractivity (Wildman–Crippen MR) is 70.6 cm³/mol. The first-order chi connectivity index (χ1) is 8.70. The fourth-order valence-corrected chi connectivity index (χ4v) is 2.23. The molecule has 0 amide bonds. The smallest absolute Gasteiger partial charge is 0.318 e. The van der Waals surface area contributed by atoms with Crippen LogP contribution in [0.25, 0.3) is 0 Å². The van der Waals surface area contributed by atoms with Crippen molar-refractivity contribution in [2.75, 3.05) is 38.1 Å². The molecule has 1 aliphatic heterocycles. The molecule has 6 nitrogen and oxygen atoms in total. The number of hydrogen-bond acceptors (Lipinski definition) is 6. The molecule has 102 valence electrons. The lowest BCUT2D eigenvalue weighted by Crippen LogP contribution is -2.50. The Labute approximate surface area is 108 Å². The van der Waals surface area contributed by atoms with E-state index in [1.54, 1.807) is 0 Å². The summed E-state index contributed by atoms with van der Waals surface area (Å²) in [6.45, 7) is 8.97. The van der Waals surface area contributed by atoms with Crippen molar-refractivity contribution in [3.63, 3.8) is 0 Å². The highest BCUT2D eigenvalue weighted by molar-refractivity contribution is 5.27. The van der Waals surface area contributed by atoms with Gasteiger partial charge in [-0.3, -0.25) is 0 Å². The standard InChI is InChI=1S/C12H23N5O/c1-4-5-13-8-11-14-15-12(18-11)17-7-6-16(3)9-10(17)2/h10,13H,4-9H2,1-3H3. The van der Waals surface area contributed by atoms with Crippen LogP contribution in [0.5, 0.6) is 0 Å². The summed E-state index contributed by atoms with van der Waals surface area (Å²) in [6, 6.07) is 1.07. The van der Waals surface area contributed by atoms with Gasteiger partial charge in [0.25, 0.3) is 0 Å². The van der Waals surface area contributed by atoms with Crippen LogP contribution in [0.15, 0.2) is 4.42 Å². The Kier molecular flexibility index (Phi) is 4.54. The minimum atomic E-state index is 0.417. The van der Waals surface area contributed by atoms with Crippen molar-refractivity contribution < 1.29 is 4.42 Å². The Morgan fingerprint density at radius 1 is 1.39 bits per heavy atom. The van der Waals surface area contributed by atoms with E-state index in [1.807, 2.05) is 0 Å². The summed E-state index contributed by atoms with van der Waals surface area (Å²) < 4.78 is 5.70. The fourth-order valence-electron chi connectivity index (χ4n) is 2.23. The third-order valence-corrected chi connectivity index (χ3v) is 3.24. The van der Waals surface area contributed by atoms with Crippen molar-refractivity contribution in [2.45, 2.75) is 32.9 Å². The van der Waals surface area contributed by atoms with Gasteiger partial charge in [0.1, 0.15) is 0 Å². The molecule has 0 spiro atoms. The van der Waals surface area contributed by atoms with Crippen molar-refractivity contribution in [1.82, 2.24) is 20.4 Å². The Bertz CT molecular complexity index is 367. The monoisotopic (exact) mass is 253 g/mol. The van der Waals surface area contributed by atoms with Crippen LogP contribution in [0.1, 0.15) is 26.2 Å². The first-order valence-corrected chi connectivity index (χ1v) is 6.69. The SMILES string of the molecule is CCCNCc1nnc(N2CCN(C)CC2C)o1. The minimum Gasteiger partial charge on any atom is -0.407 e. The van der Waals surface area contributed by atoms with Gasteiger partial charge in [-0.15, -0.1) is 5.10 Å². The largest absolute Gasteiger partial charge is 0.407 e. The van der Waals surface area contributed by atoms with E-state index in [1.165, 1.54) is 0 Å². The van der Waals surface area contributed by atoms with Crippen LogP contribution < -0.4 is 10.2 Å². The van der Waals surface area contributed by atoms with E-state index in [0.717, 1.165) is 32.6 Å². The summed E-state index contributed by atoms with van der Waals surface area (Å²) >= 11 is 0. The highest BCUT2D eigenvalue weighted by Gasteiger charge is 2.25. The van der Waals surface area contributed by atoms with Crippen molar-refractivity contribution in [3.05, 3.63) is 5.89 Å². The maximum absolute atomic E-state index is 5.70. The zero-order valence-electron chi connectivity index (χ0n) is 11.5. The Hall–Kier alpha value is -1.14. The van der Waals surface area contributed by atoms with Crippen LogP contribution in [0.3, 0.4) is 0 Å². The number of piperazine rings is 1. The molecular formula is C12H23N5O. The van der Waals surface area contributed by atoms with Gasteiger partial charge in [0.2, 0.25) is 5.89 Å². The Morgan fingerprint density at radius 2 is 2.22 bits per heavy atom. The van der Waals surface area contributed by atoms with E-state index in [4.69, 9.17) is 4.42 Å². The third kappa shape index (κ3) is 3.20. The highest BCUT2D eigenvalue weighted by Crippen LogP contribution is 2.18. The molecule has 2 rings (SSSR count). The average Bonchev–Trinajstić information content (AvgIpc) is 2.78. The second-order valence-electron chi connectivity index (χ2n) is 4.96. The summed E-state index contributed by atoms with van der Waals surface area (Å²) in [6.07, 6.45) is 1.11. The van der Waals surface area contributed by atoms with Crippen molar-refractivity contribution >= 4 is 6.01 Å². The van der Waals surface area contributed by atoms with Crippen LogP contribution in [0.2, 0.25) is 0 Å². The summed E-state index contributed by atoms with van der Waals surface area (Å²) in [4.78, 5) is 4.51. The molecule has 18 heavy (non-hydrogen) atoms. The molecule has 1 saturated heterocycles. The number of anilines is 1. The predicted octanol–water partition coefficient (Wildman–Crippen LogP) is 0.710. The molecule has 1 atom stereocenters. The van der Waals surface area contributed by atoms with Gasteiger partial charge in [0.05, 0.1) is 6.54 Å². The summed E-state index contributed by atoms with van der Waals surface area (Å²) in [5, 5.41) is 11.5. The lowest BCUT2D eigenvalue weighted by Gasteiger charge is -2.36. The van der Waals surface area contributed by atoms with E-state index in [0.29, 0.717) is 24.5 Å². The molecule has 1 unspecified atom stereocenters. The van der Waals surface area contributed by atoms with Gasteiger partial charge in [-0.2, -0.15) is 0 Å². The van der Waals surface area contributed by atoms with Crippen LogP contribution in [-0.2, 0) is 6.54 Å². The molecule has 2 heterocycles. The maximum Gasteiger partial charge on any atom is 0.318 e. The number of rotatable bonds is 5. The van der Waals surface area contributed by atoms with Gasteiger partial charge in [-0.05, 0) is 26.9 Å². The molecule has 1 aromatic heterocycles. The van der Waals surface area contributed by atoms with Crippen LogP contribution >= 0.6 is 0 Å². The van der Waals surface area contributed by atoms with E-state index >= 15 is 0 Å². The molecule has 0 aliphatic carbocycles. The second kappa shape index (κ2) is 6.15. The van der Waals surface area contributed by atoms with Gasteiger partial charge in [-0.25, -0.2) is 0 Å². The third-order valence-electron chi connectivity index (χ3n) is 3.24. The first-order valence-electron chi connectivity index (χ1n) is 6.69. The van der Waals surface area contributed by atoms with Gasteiger partial charge in [-0.1, -0.05) is 12.0 Å². The lowest BCUT2D eigenvalue weighted by atomic mass is 10.2. The van der Waals surface area contributed by atoms with E-state index in [-0.39, 0.29) is 0 Å². The van der Waals surface area contributed by atoms with Crippen LogP contribution in [-0.4, -0.2) is 54.4 Å². The van der Waals surface area contributed by atoms with Crippen molar-refractivity contribution in [2.24, 2.45) is 0 Å². The van der Waals surface area contributed by atoms with Crippen LogP contribution in [0.4, 0.5) is 6.01 Å². The second-order valence-corrected chi connectivity index (χ2v) is 4.96.